The predicted octanol–water partition coefficient (Wildman–Crippen LogP) is 3.71. The number of thiazole rings is 1. The van der Waals surface area contributed by atoms with E-state index in [2.05, 4.69) is 4.98 Å². The second kappa shape index (κ2) is 6.79. The standard InChI is InChI=1S/C16H21N3O2S/c1-16(2,3)21-15(20)19(9-8-13-10-22-11-18-13)14-6-4-12(17)5-7-14/h4-7,10-11H,8-9,17H2,1-3H3. The van der Waals surface area contributed by atoms with Crippen molar-refractivity contribution in [1.82, 2.24) is 4.98 Å². The smallest absolute Gasteiger partial charge is 0.414 e. The van der Waals surface area contributed by atoms with Crippen LogP contribution in [0.5, 0.6) is 0 Å². The monoisotopic (exact) mass is 319 g/mol. The van der Waals surface area contributed by atoms with Gasteiger partial charge in [0.15, 0.2) is 0 Å². The third kappa shape index (κ3) is 4.73. The number of hydrogen-bond acceptors (Lipinski definition) is 5. The Morgan fingerprint density at radius 2 is 2.00 bits per heavy atom. The molecule has 118 valence electrons. The molecule has 0 aliphatic rings. The maximum absolute atomic E-state index is 12.5. The topological polar surface area (TPSA) is 68.5 Å². The lowest BCUT2D eigenvalue weighted by molar-refractivity contribution is 0.0581. The number of hydrogen-bond donors (Lipinski definition) is 1. The summed E-state index contributed by atoms with van der Waals surface area (Å²) in [5, 5.41) is 1.98. The molecular weight excluding hydrogens is 298 g/mol. The van der Waals surface area contributed by atoms with Gasteiger partial charge in [0.05, 0.1) is 11.2 Å². The van der Waals surface area contributed by atoms with Crippen molar-refractivity contribution in [3.63, 3.8) is 0 Å². The Morgan fingerprint density at radius 1 is 1.32 bits per heavy atom. The molecule has 0 aliphatic carbocycles. The Kier molecular flexibility index (Phi) is 5.03. The van der Waals surface area contributed by atoms with E-state index in [-0.39, 0.29) is 6.09 Å². The summed E-state index contributed by atoms with van der Waals surface area (Å²) in [4.78, 5) is 18.3. The number of ether oxygens (including phenoxy) is 1. The molecule has 0 aliphatic heterocycles. The lowest BCUT2D eigenvalue weighted by Gasteiger charge is -2.27. The molecule has 0 saturated carbocycles. The molecule has 1 aromatic heterocycles. The van der Waals surface area contributed by atoms with Gasteiger partial charge in [-0.3, -0.25) is 4.90 Å². The first-order valence-corrected chi connectivity index (χ1v) is 8.02. The van der Waals surface area contributed by atoms with Crippen molar-refractivity contribution in [1.29, 1.82) is 0 Å². The molecule has 0 radical (unpaired) electrons. The molecule has 0 spiro atoms. The lowest BCUT2D eigenvalue weighted by Crippen LogP contribution is -2.38. The van der Waals surface area contributed by atoms with Crippen LogP contribution in [0, 0.1) is 0 Å². The number of aromatic nitrogens is 1. The van der Waals surface area contributed by atoms with E-state index in [1.807, 2.05) is 38.3 Å². The van der Waals surface area contributed by atoms with Gasteiger partial charge in [-0.2, -0.15) is 0 Å². The summed E-state index contributed by atoms with van der Waals surface area (Å²) in [6.45, 7) is 6.06. The first-order chi connectivity index (χ1) is 10.3. The molecule has 0 bridgehead atoms. The lowest BCUT2D eigenvalue weighted by atomic mass is 10.2. The molecule has 5 nitrogen and oxygen atoms in total. The SMILES string of the molecule is CC(C)(C)OC(=O)N(CCc1cscn1)c1ccc(N)cc1. The predicted molar refractivity (Wildman–Crippen MR) is 90.3 cm³/mol. The van der Waals surface area contributed by atoms with Gasteiger partial charge in [0.1, 0.15) is 5.60 Å². The summed E-state index contributed by atoms with van der Waals surface area (Å²) >= 11 is 1.55. The molecule has 22 heavy (non-hydrogen) atoms. The molecule has 2 rings (SSSR count). The van der Waals surface area contributed by atoms with Crippen LogP contribution in [0.2, 0.25) is 0 Å². The largest absolute Gasteiger partial charge is 0.443 e. The van der Waals surface area contributed by atoms with Crippen LogP contribution in [0.15, 0.2) is 35.2 Å². The zero-order valence-corrected chi connectivity index (χ0v) is 13.9. The van der Waals surface area contributed by atoms with E-state index in [0.29, 0.717) is 18.7 Å². The van der Waals surface area contributed by atoms with Gasteiger partial charge in [-0.05, 0) is 45.0 Å². The Morgan fingerprint density at radius 3 is 2.55 bits per heavy atom. The molecule has 0 atom stereocenters. The second-order valence-electron chi connectivity index (χ2n) is 5.95. The van der Waals surface area contributed by atoms with Crippen LogP contribution in [0.1, 0.15) is 26.5 Å². The number of nitrogen functional groups attached to an aromatic ring is 1. The average Bonchev–Trinajstić information content (AvgIpc) is 2.92. The number of carbonyl (C=O) groups is 1. The van der Waals surface area contributed by atoms with Crippen LogP contribution in [-0.4, -0.2) is 23.2 Å². The van der Waals surface area contributed by atoms with Crippen molar-refractivity contribution in [3.8, 4) is 0 Å². The van der Waals surface area contributed by atoms with Gasteiger partial charge in [-0.15, -0.1) is 11.3 Å². The fraction of sp³-hybridized carbons (Fsp3) is 0.375. The molecule has 1 amide bonds. The average molecular weight is 319 g/mol. The zero-order chi connectivity index (χ0) is 16.2. The molecule has 0 saturated heterocycles. The van der Waals surface area contributed by atoms with Crippen molar-refractivity contribution in [2.45, 2.75) is 32.8 Å². The highest BCUT2D eigenvalue weighted by Crippen LogP contribution is 2.20. The molecule has 1 aromatic carbocycles. The van der Waals surface area contributed by atoms with Gasteiger partial charge in [0.2, 0.25) is 0 Å². The minimum Gasteiger partial charge on any atom is -0.443 e. The zero-order valence-electron chi connectivity index (χ0n) is 13.1. The number of carbonyl (C=O) groups excluding carboxylic acids is 1. The van der Waals surface area contributed by atoms with Gasteiger partial charge < -0.3 is 10.5 Å². The van der Waals surface area contributed by atoms with Crippen molar-refractivity contribution >= 4 is 28.8 Å². The normalized spacial score (nSPS) is 11.2. The molecular formula is C16H21N3O2S. The summed E-state index contributed by atoms with van der Waals surface area (Å²) in [6, 6.07) is 7.19. The van der Waals surface area contributed by atoms with Gasteiger partial charge in [0.25, 0.3) is 0 Å². The van der Waals surface area contributed by atoms with E-state index in [9.17, 15) is 4.79 Å². The van der Waals surface area contributed by atoms with E-state index in [4.69, 9.17) is 10.5 Å². The molecule has 1 heterocycles. The van der Waals surface area contributed by atoms with Crippen LogP contribution >= 0.6 is 11.3 Å². The second-order valence-corrected chi connectivity index (χ2v) is 6.67. The molecule has 0 fully saturated rings. The Bertz CT molecular complexity index is 603. The van der Waals surface area contributed by atoms with Crippen LogP contribution in [0.3, 0.4) is 0 Å². The maximum atomic E-state index is 12.5. The van der Waals surface area contributed by atoms with Crippen molar-refractivity contribution in [2.24, 2.45) is 0 Å². The Balaban J connectivity index is 2.15. The number of anilines is 2. The van der Waals surface area contributed by atoms with E-state index < -0.39 is 5.60 Å². The van der Waals surface area contributed by atoms with Crippen molar-refractivity contribution in [3.05, 3.63) is 40.8 Å². The van der Waals surface area contributed by atoms with Gasteiger partial charge in [0, 0.05) is 29.7 Å². The fourth-order valence-electron chi connectivity index (χ4n) is 1.88. The minimum atomic E-state index is -0.538. The van der Waals surface area contributed by atoms with Crippen LogP contribution in [-0.2, 0) is 11.2 Å². The maximum Gasteiger partial charge on any atom is 0.414 e. The van der Waals surface area contributed by atoms with Gasteiger partial charge >= 0.3 is 6.09 Å². The number of amides is 1. The van der Waals surface area contributed by atoms with E-state index in [1.54, 1.807) is 33.9 Å². The number of nitrogens with zero attached hydrogens (tertiary/aromatic N) is 2. The highest BCUT2D eigenvalue weighted by Gasteiger charge is 2.23. The highest BCUT2D eigenvalue weighted by molar-refractivity contribution is 7.07. The number of benzene rings is 1. The Hall–Kier alpha value is -2.08. The molecule has 2 aromatic rings. The summed E-state index contributed by atoms with van der Waals surface area (Å²) in [5.41, 5.74) is 9.35. The van der Waals surface area contributed by atoms with Crippen molar-refractivity contribution in [2.75, 3.05) is 17.2 Å². The third-order valence-corrected chi connectivity index (χ3v) is 3.53. The molecule has 0 unspecified atom stereocenters. The van der Waals surface area contributed by atoms with Crippen LogP contribution < -0.4 is 10.6 Å². The molecule has 6 heteroatoms. The summed E-state index contributed by atoms with van der Waals surface area (Å²) < 4.78 is 5.49. The quantitative estimate of drug-likeness (QED) is 0.872. The third-order valence-electron chi connectivity index (χ3n) is 2.89. The first-order valence-electron chi connectivity index (χ1n) is 7.08. The summed E-state index contributed by atoms with van der Waals surface area (Å²) in [7, 11) is 0. The number of rotatable bonds is 4. The van der Waals surface area contributed by atoms with E-state index in [0.717, 1.165) is 11.4 Å². The first kappa shape index (κ1) is 16.3. The van der Waals surface area contributed by atoms with E-state index >= 15 is 0 Å². The number of nitrogens with two attached hydrogens (primary N) is 1. The molecule has 2 N–H and O–H groups in total. The highest BCUT2D eigenvalue weighted by atomic mass is 32.1. The van der Waals surface area contributed by atoms with Crippen LogP contribution in [0.4, 0.5) is 16.2 Å². The fourth-order valence-corrected chi connectivity index (χ4v) is 2.48. The summed E-state index contributed by atoms with van der Waals surface area (Å²) in [5.74, 6) is 0. The minimum absolute atomic E-state index is 0.368. The summed E-state index contributed by atoms with van der Waals surface area (Å²) in [6.07, 6.45) is 0.306. The Labute approximate surface area is 134 Å². The van der Waals surface area contributed by atoms with Gasteiger partial charge in [-0.1, -0.05) is 0 Å². The van der Waals surface area contributed by atoms with E-state index in [1.165, 1.54) is 0 Å². The van der Waals surface area contributed by atoms with Gasteiger partial charge in [-0.25, -0.2) is 9.78 Å². The van der Waals surface area contributed by atoms with Crippen molar-refractivity contribution < 1.29 is 9.53 Å². The van der Waals surface area contributed by atoms with Crippen LogP contribution in [0.25, 0.3) is 0 Å².